The Morgan fingerprint density at radius 2 is 1.62 bits per heavy atom. The summed E-state index contributed by atoms with van der Waals surface area (Å²) < 4.78 is 71.7. The van der Waals surface area contributed by atoms with Gasteiger partial charge in [0.05, 0.1) is 20.6 Å². The van der Waals surface area contributed by atoms with Gasteiger partial charge in [0, 0.05) is 10.7 Å². The van der Waals surface area contributed by atoms with Gasteiger partial charge < -0.3 is 5.32 Å². The van der Waals surface area contributed by atoms with Crippen LogP contribution in [0.15, 0.2) is 17.0 Å². The zero-order valence-corrected chi connectivity index (χ0v) is 12.6. The van der Waals surface area contributed by atoms with E-state index in [-0.39, 0.29) is 0 Å². The number of alkyl halides is 4. The summed E-state index contributed by atoms with van der Waals surface area (Å²) >= 11 is 11.1. The molecule has 0 saturated heterocycles. The van der Waals surface area contributed by atoms with Crippen molar-refractivity contribution in [3.05, 3.63) is 22.2 Å². The number of amides is 1. The predicted molar refractivity (Wildman–Crippen MR) is 69.1 cm³/mol. The molecule has 0 aliphatic rings. The fourth-order valence-corrected chi connectivity index (χ4v) is 2.60. The topological polar surface area (TPSA) is 63.2 Å². The maximum Gasteiger partial charge on any atom is 0.383 e. The highest BCUT2D eigenvalue weighted by atomic mass is 35.7. The first-order chi connectivity index (χ1) is 9.37. The predicted octanol–water partition coefficient (Wildman–Crippen LogP) is 3.76. The molecule has 0 bridgehead atoms. The van der Waals surface area contributed by atoms with Crippen molar-refractivity contribution >= 4 is 54.5 Å². The van der Waals surface area contributed by atoms with E-state index in [0.717, 1.165) is 0 Å². The minimum atomic E-state index is -4.97. The van der Waals surface area contributed by atoms with E-state index in [1.54, 1.807) is 0 Å². The number of benzene rings is 1. The Kier molecular flexibility index (Phi) is 5.36. The molecule has 12 heteroatoms. The molecule has 0 aliphatic carbocycles. The molecule has 21 heavy (non-hydrogen) atoms. The van der Waals surface area contributed by atoms with Crippen molar-refractivity contribution in [3.63, 3.8) is 0 Å². The Morgan fingerprint density at radius 3 is 1.95 bits per heavy atom. The Hall–Kier alpha value is -0.770. The number of anilines is 1. The summed E-state index contributed by atoms with van der Waals surface area (Å²) in [6.07, 6.45) is -4.24. The fraction of sp³-hybridized carbons (Fsp3) is 0.222. The molecule has 0 aliphatic heterocycles. The van der Waals surface area contributed by atoms with Crippen LogP contribution in [-0.4, -0.2) is 26.7 Å². The summed E-state index contributed by atoms with van der Waals surface area (Å²) in [6, 6.07) is 1.43. The second-order valence-corrected chi connectivity index (χ2v) is 6.96. The van der Waals surface area contributed by atoms with Gasteiger partial charge >= 0.3 is 18.3 Å². The van der Waals surface area contributed by atoms with E-state index in [4.69, 9.17) is 33.9 Å². The molecule has 0 unspecified atom stereocenters. The molecule has 0 atom stereocenters. The van der Waals surface area contributed by atoms with Crippen LogP contribution in [0.1, 0.15) is 0 Å². The lowest BCUT2D eigenvalue weighted by atomic mass is 10.2. The molecule has 1 amide bonds. The van der Waals surface area contributed by atoms with E-state index in [9.17, 15) is 30.8 Å². The highest BCUT2D eigenvalue weighted by molar-refractivity contribution is 8.13. The zero-order chi connectivity index (χ0) is 16.6. The Labute approximate surface area is 130 Å². The van der Waals surface area contributed by atoms with E-state index in [0.29, 0.717) is 12.1 Å². The van der Waals surface area contributed by atoms with Crippen molar-refractivity contribution in [2.75, 3.05) is 5.32 Å². The molecule has 0 radical (unpaired) electrons. The van der Waals surface area contributed by atoms with Gasteiger partial charge in [0.1, 0.15) is 0 Å². The van der Waals surface area contributed by atoms with Gasteiger partial charge in [-0.1, -0.05) is 23.2 Å². The van der Waals surface area contributed by atoms with E-state index < -0.39 is 47.9 Å². The van der Waals surface area contributed by atoms with Crippen LogP contribution in [0.25, 0.3) is 0 Å². The monoisotopic (exact) mass is 387 g/mol. The van der Waals surface area contributed by atoms with Crippen molar-refractivity contribution in [2.45, 2.75) is 17.2 Å². The first-order valence-electron chi connectivity index (χ1n) is 4.78. The maximum absolute atomic E-state index is 12.8. The molecule has 0 saturated carbocycles. The smallest absolute Gasteiger partial charge is 0.318 e. The summed E-state index contributed by atoms with van der Waals surface area (Å²) in [5.74, 6) is -7.31. The molecule has 118 valence electrons. The normalized spacial score (nSPS) is 12.6. The zero-order valence-electron chi connectivity index (χ0n) is 9.51. The van der Waals surface area contributed by atoms with Crippen LogP contribution in [0.2, 0.25) is 10.0 Å². The molecule has 1 rings (SSSR count). The quantitative estimate of drug-likeness (QED) is 0.631. The van der Waals surface area contributed by atoms with Crippen molar-refractivity contribution in [2.24, 2.45) is 0 Å². The minimum Gasteiger partial charge on any atom is -0.318 e. The summed E-state index contributed by atoms with van der Waals surface area (Å²) in [4.78, 5) is 10.5. The summed E-state index contributed by atoms with van der Waals surface area (Å²) in [5.41, 5.74) is -0.646. The Morgan fingerprint density at radius 1 is 1.19 bits per heavy atom. The number of nitrogens with one attached hydrogen (secondary N) is 1. The van der Waals surface area contributed by atoms with E-state index in [1.807, 2.05) is 0 Å². The SMILES string of the molecule is O=C(Nc1c(Cl)cc(S(=O)(=O)Cl)cc1Cl)C(F)(F)C(F)F. The Balaban J connectivity index is 3.21. The average molecular weight is 389 g/mol. The second kappa shape index (κ2) is 6.15. The van der Waals surface area contributed by atoms with Gasteiger partial charge in [0.25, 0.3) is 9.05 Å². The third kappa shape index (κ3) is 4.12. The molecule has 0 fully saturated rings. The van der Waals surface area contributed by atoms with Crippen LogP contribution >= 0.6 is 33.9 Å². The fourth-order valence-electron chi connectivity index (χ4n) is 1.11. The summed E-state index contributed by atoms with van der Waals surface area (Å²) in [7, 11) is 0.811. The number of carbonyl (C=O) groups excluding carboxylic acids is 1. The van der Waals surface area contributed by atoms with Gasteiger partial charge in [-0.05, 0) is 12.1 Å². The van der Waals surface area contributed by atoms with Gasteiger partial charge in [-0.25, -0.2) is 17.2 Å². The van der Waals surface area contributed by atoms with Crippen LogP contribution in [0.3, 0.4) is 0 Å². The number of hydrogen-bond acceptors (Lipinski definition) is 3. The van der Waals surface area contributed by atoms with E-state index >= 15 is 0 Å². The van der Waals surface area contributed by atoms with Gasteiger partial charge in [-0.15, -0.1) is 0 Å². The number of hydrogen-bond donors (Lipinski definition) is 1. The van der Waals surface area contributed by atoms with Gasteiger partial charge in [-0.3, -0.25) is 4.79 Å². The van der Waals surface area contributed by atoms with Crippen LogP contribution in [0.4, 0.5) is 23.2 Å². The van der Waals surface area contributed by atoms with Crippen molar-refractivity contribution in [1.29, 1.82) is 0 Å². The Bertz CT molecular complexity index is 658. The van der Waals surface area contributed by atoms with E-state index in [2.05, 4.69) is 0 Å². The molecule has 1 aromatic carbocycles. The van der Waals surface area contributed by atoms with E-state index in [1.165, 1.54) is 5.32 Å². The minimum absolute atomic E-state index is 0.558. The molecular weight excluding hydrogens is 385 g/mol. The number of rotatable bonds is 4. The van der Waals surface area contributed by atoms with Gasteiger partial charge in [0.2, 0.25) is 0 Å². The lowest BCUT2D eigenvalue weighted by Gasteiger charge is -2.16. The van der Waals surface area contributed by atoms with Crippen molar-refractivity contribution in [3.8, 4) is 0 Å². The third-order valence-corrected chi connectivity index (χ3v) is 4.04. The van der Waals surface area contributed by atoms with Gasteiger partial charge in [0.15, 0.2) is 0 Å². The standard InChI is InChI=1S/C9H4Cl3F4NO3S/c10-4-1-3(21(12,19)20)2-5(11)6(4)17-8(18)9(15,16)7(13)14/h1-2,7H,(H,17,18). The second-order valence-electron chi connectivity index (χ2n) is 3.58. The largest absolute Gasteiger partial charge is 0.383 e. The maximum atomic E-state index is 12.8. The lowest BCUT2D eigenvalue weighted by molar-refractivity contribution is -0.163. The van der Waals surface area contributed by atoms with Crippen LogP contribution in [-0.2, 0) is 13.8 Å². The summed E-state index contributed by atoms with van der Waals surface area (Å²) in [5, 5.41) is 0.269. The molecule has 1 N–H and O–H groups in total. The molecular formula is C9H4Cl3F4NO3S. The molecule has 0 aromatic heterocycles. The van der Waals surface area contributed by atoms with Crippen LogP contribution < -0.4 is 5.32 Å². The first-order valence-corrected chi connectivity index (χ1v) is 7.85. The third-order valence-electron chi connectivity index (χ3n) is 2.11. The highest BCUT2D eigenvalue weighted by Crippen LogP contribution is 2.35. The lowest BCUT2D eigenvalue weighted by Crippen LogP contribution is -2.41. The molecule has 0 spiro atoms. The van der Waals surface area contributed by atoms with Crippen molar-refractivity contribution in [1.82, 2.24) is 0 Å². The molecule has 1 aromatic rings. The van der Waals surface area contributed by atoms with Crippen molar-refractivity contribution < 1.29 is 30.8 Å². The number of halogens is 7. The molecule has 4 nitrogen and oxygen atoms in total. The first kappa shape index (κ1) is 18.3. The average Bonchev–Trinajstić information content (AvgIpc) is 2.31. The summed E-state index contributed by atoms with van der Waals surface area (Å²) in [6.45, 7) is 0. The van der Waals surface area contributed by atoms with Crippen LogP contribution in [0.5, 0.6) is 0 Å². The van der Waals surface area contributed by atoms with Gasteiger partial charge in [-0.2, -0.15) is 8.78 Å². The highest BCUT2D eigenvalue weighted by Gasteiger charge is 2.49. The van der Waals surface area contributed by atoms with Crippen LogP contribution in [0, 0.1) is 0 Å². The molecule has 0 heterocycles. The number of carbonyl (C=O) groups is 1.